The molecule has 0 aliphatic rings. The number of esters is 1. The van der Waals surface area contributed by atoms with Crippen LogP contribution in [0.1, 0.15) is 6.92 Å². The van der Waals surface area contributed by atoms with E-state index in [0.29, 0.717) is 5.57 Å². The van der Waals surface area contributed by atoms with Crippen LogP contribution in [0.4, 0.5) is 0 Å². The second kappa shape index (κ2) is 3.51. The van der Waals surface area contributed by atoms with Crippen molar-refractivity contribution in [2.75, 3.05) is 7.11 Å². The van der Waals surface area contributed by atoms with Crippen molar-refractivity contribution in [3.8, 4) is 0 Å². The second-order valence-corrected chi connectivity index (χ2v) is 2.29. The normalized spacial score (nSPS) is 12.3. The maximum Gasteiger partial charge on any atom is 0.334 e. The lowest BCUT2D eigenvalue weighted by Gasteiger charge is -2.02. The van der Waals surface area contributed by atoms with Crippen molar-refractivity contribution in [2.45, 2.75) is 12.3 Å². The third-order valence-electron chi connectivity index (χ3n) is 0.928. The van der Waals surface area contributed by atoms with Gasteiger partial charge in [0.1, 0.15) is 0 Å². The summed E-state index contributed by atoms with van der Waals surface area (Å²) in [7, 11) is 1.30. The number of carbonyl (C=O) groups is 1. The highest BCUT2D eigenvalue weighted by atomic mass is 35.5. The smallest absolute Gasteiger partial charge is 0.334 e. The number of rotatable bonds is 2. The molecular formula is C6H9ClO2. The van der Waals surface area contributed by atoms with Gasteiger partial charge >= 0.3 is 5.97 Å². The Morgan fingerprint density at radius 1 is 1.78 bits per heavy atom. The van der Waals surface area contributed by atoms with Gasteiger partial charge in [0, 0.05) is 5.57 Å². The Kier molecular flexibility index (Phi) is 3.32. The van der Waals surface area contributed by atoms with E-state index < -0.39 is 5.97 Å². The zero-order valence-corrected chi connectivity index (χ0v) is 6.23. The minimum Gasteiger partial charge on any atom is -0.466 e. The van der Waals surface area contributed by atoms with Gasteiger partial charge in [0.25, 0.3) is 0 Å². The van der Waals surface area contributed by atoms with Gasteiger partial charge in [-0.25, -0.2) is 4.79 Å². The number of alkyl halides is 1. The topological polar surface area (TPSA) is 26.3 Å². The van der Waals surface area contributed by atoms with E-state index in [-0.39, 0.29) is 5.38 Å². The van der Waals surface area contributed by atoms with Gasteiger partial charge in [-0.05, 0) is 6.92 Å². The molecule has 0 saturated heterocycles. The van der Waals surface area contributed by atoms with Crippen molar-refractivity contribution in [1.82, 2.24) is 0 Å². The molecule has 0 heterocycles. The van der Waals surface area contributed by atoms with Gasteiger partial charge < -0.3 is 4.74 Å². The van der Waals surface area contributed by atoms with E-state index in [0.717, 1.165) is 0 Å². The van der Waals surface area contributed by atoms with E-state index in [4.69, 9.17) is 11.6 Å². The number of hydrogen-bond donors (Lipinski definition) is 0. The summed E-state index contributed by atoms with van der Waals surface area (Å²) in [5, 5.41) is -0.350. The molecule has 0 fully saturated rings. The van der Waals surface area contributed by atoms with Crippen LogP contribution in [-0.2, 0) is 9.53 Å². The van der Waals surface area contributed by atoms with Crippen LogP contribution < -0.4 is 0 Å². The van der Waals surface area contributed by atoms with Crippen LogP contribution in [0.25, 0.3) is 0 Å². The lowest BCUT2D eigenvalue weighted by atomic mass is 10.2. The summed E-state index contributed by atoms with van der Waals surface area (Å²) in [5.74, 6) is -0.447. The molecule has 0 aromatic carbocycles. The summed E-state index contributed by atoms with van der Waals surface area (Å²) in [6.45, 7) is 5.09. The summed E-state index contributed by atoms with van der Waals surface area (Å²) in [4.78, 5) is 10.5. The Morgan fingerprint density at radius 3 is 2.33 bits per heavy atom. The maximum absolute atomic E-state index is 10.5. The molecule has 0 aliphatic heterocycles. The molecular weight excluding hydrogens is 140 g/mol. The Labute approximate surface area is 59.5 Å². The summed E-state index contributed by atoms with van der Waals surface area (Å²) in [6.07, 6.45) is 0. The minimum absolute atomic E-state index is 0.291. The van der Waals surface area contributed by atoms with Crippen molar-refractivity contribution in [2.24, 2.45) is 0 Å². The van der Waals surface area contributed by atoms with E-state index in [1.807, 2.05) is 0 Å². The average molecular weight is 149 g/mol. The van der Waals surface area contributed by atoms with Crippen LogP contribution in [-0.4, -0.2) is 18.5 Å². The summed E-state index contributed by atoms with van der Waals surface area (Å²) >= 11 is 5.50. The second-order valence-electron chi connectivity index (χ2n) is 1.63. The number of carbonyl (C=O) groups excluding carboxylic acids is 1. The van der Waals surface area contributed by atoms with E-state index >= 15 is 0 Å². The molecule has 0 aromatic rings. The molecule has 0 spiro atoms. The molecule has 0 aromatic heterocycles. The fourth-order valence-electron chi connectivity index (χ4n) is 0.293. The first kappa shape index (κ1) is 8.50. The first-order chi connectivity index (χ1) is 4.09. The monoisotopic (exact) mass is 148 g/mol. The summed E-state index contributed by atoms with van der Waals surface area (Å²) in [5.41, 5.74) is 0.291. The van der Waals surface area contributed by atoms with Crippen LogP contribution in [0.3, 0.4) is 0 Å². The Hall–Kier alpha value is -0.500. The van der Waals surface area contributed by atoms with Crippen LogP contribution in [0, 0.1) is 0 Å². The number of halogens is 1. The van der Waals surface area contributed by atoms with Crippen LogP contribution in [0.2, 0.25) is 0 Å². The highest BCUT2D eigenvalue weighted by molar-refractivity contribution is 6.24. The zero-order chi connectivity index (χ0) is 7.44. The van der Waals surface area contributed by atoms with Crippen LogP contribution in [0.5, 0.6) is 0 Å². The number of hydrogen-bond acceptors (Lipinski definition) is 2. The molecule has 0 bridgehead atoms. The maximum atomic E-state index is 10.5. The molecule has 0 amide bonds. The fraction of sp³-hybridized carbons (Fsp3) is 0.500. The average Bonchev–Trinajstić information content (AvgIpc) is 1.84. The Bertz CT molecular complexity index is 129. The molecule has 3 heteroatoms. The number of methoxy groups -OCH3 is 1. The van der Waals surface area contributed by atoms with Gasteiger partial charge in [0.2, 0.25) is 0 Å². The fourth-order valence-corrected chi connectivity index (χ4v) is 0.383. The SMILES string of the molecule is C=C(C(=O)OC)C(C)Cl. The van der Waals surface area contributed by atoms with E-state index in [1.54, 1.807) is 6.92 Å². The highest BCUT2D eigenvalue weighted by Gasteiger charge is 2.10. The molecule has 52 valence electrons. The van der Waals surface area contributed by atoms with Crippen molar-refractivity contribution in [1.29, 1.82) is 0 Å². The third-order valence-corrected chi connectivity index (χ3v) is 1.19. The highest BCUT2D eigenvalue weighted by Crippen LogP contribution is 2.06. The molecule has 1 unspecified atom stereocenters. The largest absolute Gasteiger partial charge is 0.466 e. The van der Waals surface area contributed by atoms with Gasteiger partial charge in [-0.15, -0.1) is 11.6 Å². The third kappa shape index (κ3) is 2.51. The van der Waals surface area contributed by atoms with Crippen molar-refractivity contribution in [3.63, 3.8) is 0 Å². The molecule has 0 N–H and O–H groups in total. The first-order valence-corrected chi connectivity index (χ1v) is 2.94. The van der Waals surface area contributed by atoms with Gasteiger partial charge in [0.15, 0.2) is 0 Å². The molecule has 0 rings (SSSR count). The predicted octanol–water partition coefficient (Wildman–Crippen LogP) is 1.34. The zero-order valence-electron chi connectivity index (χ0n) is 5.48. The van der Waals surface area contributed by atoms with E-state index in [9.17, 15) is 4.79 Å². The Balaban J connectivity index is 3.89. The van der Waals surface area contributed by atoms with Crippen molar-refractivity contribution in [3.05, 3.63) is 12.2 Å². The molecule has 0 saturated carbocycles. The molecule has 1 atom stereocenters. The first-order valence-electron chi connectivity index (χ1n) is 2.50. The minimum atomic E-state index is -0.447. The van der Waals surface area contributed by atoms with Crippen molar-refractivity contribution >= 4 is 17.6 Å². The lowest BCUT2D eigenvalue weighted by molar-refractivity contribution is -0.136. The van der Waals surface area contributed by atoms with Gasteiger partial charge in [-0.2, -0.15) is 0 Å². The molecule has 9 heavy (non-hydrogen) atoms. The molecule has 0 aliphatic carbocycles. The van der Waals surface area contributed by atoms with Gasteiger partial charge in [-0.3, -0.25) is 0 Å². The predicted molar refractivity (Wildman–Crippen MR) is 36.5 cm³/mol. The lowest BCUT2D eigenvalue weighted by Crippen LogP contribution is -2.10. The molecule has 2 nitrogen and oxygen atoms in total. The van der Waals surface area contributed by atoms with Crippen LogP contribution >= 0.6 is 11.6 Å². The van der Waals surface area contributed by atoms with Crippen LogP contribution in [0.15, 0.2) is 12.2 Å². The quantitative estimate of drug-likeness (QED) is 0.336. The van der Waals surface area contributed by atoms with Crippen molar-refractivity contribution < 1.29 is 9.53 Å². The van der Waals surface area contributed by atoms with E-state index in [1.165, 1.54) is 7.11 Å². The summed E-state index contributed by atoms with van der Waals surface area (Å²) < 4.78 is 4.35. The van der Waals surface area contributed by atoms with E-state index in [2.05, 4.69) is 11.3 Å². The Morgan fingerprint density at radius 2 is 2.22 bits per heavy atom. The van der Waals surface area contributed by atoms with Gasteiger partial charge in [-0.1, -0.05) is 6.58 Å². The molecule has 0 radical (unpaired) electrons. The number of ether oxygens (including phenoxy) is 1. The standard InChI is InChI=1S/C6H9ClO2/c1-4(5(2)7)6(8)9-3/h5H,1H2,2-3H3. The summed E-state index contributed by atoms with van der Waals surface area (Å²) in [6, 6.07) is 0. The van der Waals surface area contributed by atoms with Gasteiger partial charge in [0.05, 0.1) is 12.5 Å².